The minimum atomic E-state index is 0.381. The Morgan fingerprint density at radius 3 is 2.86 bits per heavy atom. The standard InChI is InChI=1S/C13H18O/c1-10(2)12-5-4-6-13(9-12)11(3)7-8-14/h4-6,8,11H,7,9H2,1-3H3. The third-order valence-corrected chi connectivity index (χ3v) is 2.73. The molecule has 76 valence electrons. The predicted molar refractivity (Wildman–Crippen MR) is 60.1 cm³/mol. The molecule has 0 aromatic rings. The summed E-state index contributed by atoms with van der Waals surface area (Å²) in [6.07, 6.45) is 9.03. The van der Waals surface area contributed by atoms with E-state index in [2.05, 4.69) is 39.0 Å². The van der Waals surface area contributed by atoms with Crippen molar-refractivity contribution >= 4 is 6.29 Å². The molecule has 0 amide bonds. The normalized spacial score (nSPS) is 17.6. The van der Waals surface area contributed by atoms with Crippen LogP contribution in [0.3, 0.4) is 0 Å². The molecule has 14 heavy (non-hydrogen) atoms. The van der Waals surface area contributed by atoms with E-state index in [9.17, 15) is 4.79 Å². The van der Waals surface area contributed by atoms with E-state index in [0.29, 0.717) is 12.3 Å². The zero-order valence-electron chi connectivity index (χ0n) is 9.21. The van der Waals surface area contributed by atoms with Gasteiger partial charge in [-0.2, -0.15) is 0 Å². The van der Waals surface area contributed by atoms with Crippen molar-refractivity contribution in [3.05, 3.63) is 34.9 Å². The first kappa shape index (κ1) is 11.0. The lowest BCUT2D eigenvalue weighted by molar-refractivity contribution is -0.108. The zero-order chi connectivity index (χ0) is 10.6. The van der Waals surface area contributed by atoms with Gasteiger partial charge >= 0.3 is 0 Å². The van der Waals surface area contributed by atoms with Crippen LogP contribution >= 0.6 is 0 Å². The largest absolute Gasteiger partial charge is 0.303 e. The number of rotatable bonds is 3. The molecule has 1 rings (SSSR count). The van der Waals surface area contributed by atoms with Crippen LogP contribution in [0.15, 0.2) is 34.9 Å². The van der Waals surface area contributed by atoms with Gasteiger partial charge in [0.25, 0.3) is 0 Å². The van der Waals surface area contributed by atoms with Gasteiger partial charge in [0.05, 0.1) is 0 Å². The summed E-state index contributed by atoms with van der Waals surface area (Å²) in [5.41, 5.74) is 4.13. The summed E-state index contributed by atoms with van der Waals surface area (Å²) in [6, 6.07) is 0. The maximum Gasteiger partial charge on any atom is 0.120 e. The van der Waals surface area contributed by atoms with Crippen LogP contribution in [0.1, 0.15) is 33.6 Å². The van der Waals surface area contributed by atoms with Crippen molar-refractivity contribution in [2.24, 2.45) is 5.92 Å². The first-order valence-electron chi connectivity index (χ1n) is 5.12. The van der Waals surface area contributed by atoms with Crippen molar-refractivity contribution < 1.29 is 4.79 Å². The van der Waals surface area contributed by atoms with Crippen molar-refractivity contribution in [1.29, 1.82) is 0 Å². The SMILES string of the molecule is CC(C)=C1C=CC=C(C(C)CC=O)C1. The lowest BCUT2D eigenvalue weighted by atomic mass is 9.88. The first-order chi connectivity index (χ1) is 6.65. The average molecular weight is 190 g/mol. The lowest BCUT2D eigenvalue weighted by Crippen LogP contribution is -2.03. The highest BCUT2D eigenvalue weighted by Crippen LogP contribution is 2.27. The molecule has 0 N–H and O–H groups in total. The Morgan fingerprint density at radius 2 is 2.29 bits per heavy atom. The molecule has 0 spiro atoms. The molecule has 1 nitrogen and oxygen atoms in total. The molecule has 0 saturated heterocycles. The summed E-state index contributed by atoms with van der Waals surface area (Å²) >= 11 is 0. The van der Waals surface area contributed by atoms with E-state index in [1.807, 2.05) is 0 Å². The monoisotopic (exact) mass is 190 g/mol. The Labute approximate surface area is 86.2 Å². The van der Waals surface area contributed by atoms with Crippen LogP contribution in [0.5, 0.6) is 0 Å². The highest BCUT2D eigenvalue weighted by molar-refractivity contribution is 5.51. The van der Waals surface area contributed by atoms with Gasteiger partial charge in [0.1, 0.15) is 6.29 Å². The zero-order valence-corrected chi connectivity index (χ0v) is 9.21. The highest BCUT2D eigenvalue weighted by Gasteiger charge is 2.11. The van der Waals surface area contributed by atoms with Gasteiger partial charge in [-0.3, -0.25) is 0 Å². The van der Waals surface area contributed by atoms with Crippen LogP contribution in [-0.2, 0) is 4.79 Å². The summed E-state index contributed by atoms with van der Waals surface area (Å²) in [5.74, 6) is 0.381. The molecule has 0 saturated carbocycles. The van der Waals surface area contributed by atoms with Crippen LogP contribution < -0.4 is 0 Å². The second-order valence-electron chi connectivity index (χ2n) is 4.11. The van der Waals surface area contributed by atoms with Crippen LogP contribution in [0.2, 0.25) is 0 Å². The molecule has 1 atom stereocenters. The van der Waals surface area contributed by atoms with E-state index in [4.69, 9.17) is 0 Å². The van der Waals surface area contributed by atoms with Crippen molar-refractivity contribution in [2.75, 3.05) is 0 Å². The second kappa shape index (κ2) is 4.94. The van der Waals surface area contributed by atoms with E-state index < -0.39 is 0 Å². The Bertz CT molecular complexity index is 301. The van der Waals surface area contributed by atoms with E-state index in [0.717, 1.165) is 12.7 Å². The van der Waals surface area contributed by atoms with Crippen molar-refractivity contribution in [1.82, 2.24) is 0 Å². The molecular weight excluding hydrogens is 172 g/mol. The smallest absolute Gasteiger partial charge is 0.120 e. The molecule has 1 aliphatic carbocycles. The fraction of sp³-hybridized carbons (Fsp3) is 0.462. The second-order valence-corrected chi connectivity index (χ2v) is 4.11. The lowest BCUT2D eigenvalue weighted by Gasteiger charge is -2.17. The minimum Gasteiger partial charge on any atom is -0.303 e. The summed E-state index contributed by atoms with van der Waals surface area (Å²) < 4.78 is 0. The molecule has 0 bridgehead atoms. The van der Waals surface area contributed by atoms with Crippen molar-refractivity contribution in [2.45, 2.75) is 33.6 Å². The van der Waals surface area contributed by atoms with Gasteiger partial charge in [-0.15, -0.1) is 0 Å². The highest BCUT2D eigenvalue weighted by atomic mass is 16.1. The molecule has 1 unspecified atom stereocenters. The van der Waals surface area contributed by atoms with Gasteiger partial charge in [0, 0.05) is 6.42 Å². The van der Waals surface area contributed by atoms with E-state index in [1.54, 1.807) is 0 Å². The molecule has 1 heteroatoms. The van der Waals surface area contributed by atoms with Gasteiger partial charge in [-0.25, -0.2) is 0 Å². The molecule has 0 radical (unpaired) electrons. The molecular formula is C13H18O. The summed E-state index contributed by atoms with van der Waals surface area (Å²) in [5, 5.41) is 0. The van der Waals surface area contributed by atoms with Crippen molar-refractivity contribution in [3.8, 4) is 0 Å². The number of carbonyl (C=O) groups is 1. The number of allylic oxidation sites excluding steroid dienone is 6. The molecule has 1 aliphatic rings. The third kappa shape index (κ3) is 2.69. The number of hydrogen-bond acceptors (Lipinski definition) is 1. The Kier molecular flexibility index (Phi) is 3.87. The predicted octanol–water partition coefficient (Wildman–Crippen LogP) is 3.43. The fourth-order valence-electron chi connectivity index (χ4n) is 1.60. The fourth-order valence-corrected chi connectivity index (χ4v) is 1.60. The van der Waals surface area contributed by atoms with Gasteiger partial charge in [0.15, 0.2) is 0 Å². The maximum absolute atomic E-state index is 10.4. The quantitative estimate of drug-likeness (QED) is 0.623. The maximum atomic E-state index is 10.4. The van der Waals surface area contributed by atoms with E-state index >= 15 is 0 Å². The van der Waals surface area contributed by atoms with Gasteiger partial charge < -0.3 is 4.79 Å². The average Bonchev–Trinajstić information content (AvgIpc) is 2.18. The van der Waals surface area contributed by atoms with Gasteiger partial charge in [-0.1, -0.05) is 36.3 Å². The van der Waals surface area contributed by atoms with Crippen molar-refractivity contribution in [3.63, 3.8) is 0 Å². The molecule has 0 heterocycles. The van der Waals surface area contributed by atoms with Crippen LogP contribution in [0.25, 0.3) is 0 Å². The third-order valence-electron chi connectivity index (χ3n) is 2.73. The Balaban J connectivity index is 2.75. The minimum absolute atomic E-state index is 0.381. The Morgan fingerprint density at radius 1 is 1.57 bits per heavy atom. The summed E-state index contributed by atoms with van der Waals surface area (Å²) in [7, 11) is 0. The Hall–Kier alpha value is -1.11. The van der Waals surface area contributed by atoms with Gasteiger partial charge in [-0.05, 0) is 31.8 Å². The number of aldehydes is 1. The molecule has 0 fully saturated rings. The first-order valence-corrected chi connectivity index (χ1v) is 5.12. The molecule has 0 aromatic carbocycles. The van der Waals surface area contributed by atoms with Crippen LogP contribution in [-0.4, -0.2) is 6.29 Å². The van der Waals surface area contributed by atoms with Gasteiger partial charge in [0.2, 0.25) is 0 Å². The van der Waals surface area contributed by atoms with E-state index in [-0.39, 0.29) is 0 Å². The number of hydrogen-bond donors (Lipinski definition) is 0. The molecule has 0 aliphatic heterocycles. The molecule has 0 aromatic heterocycles. The summed E-state index contributed by atoms with van der Waals surface area (Å²) in [6.45, 7) is 6.38. The van der Waals surface area contributed by atoms with Crippen LogP contribution in [0, 0.1) is 5.92 Å². The topological polar surface area (TPSA) is 17.1 Å². The van der Waals surface area contributed by atoms with E-state index in [1.165, 1.54) is 16.7 Å². The van der Waals surface area contributed by atoms with Crippen LogP contribution in [0.4, 0.5) is 0 Å². The number of carbonyl (C=O) groups excluding carboxylic acids is 1. The summed E-state index contributed by atoms with van der Waals surface area (Å²) in [4.78, 5) is 10.4.